The first-order valence-corrected chi connectivity index (χ1v) is 9.72. The van der Waals surface area contributed by atoms with Crippen molar-refractivity contribution in [2.45, 2.75) is 77.7 Å². The molecule has 0 fully saturated rings. The molecule has 0 radical (unpaired) electrons. The molecule has 1 aromatic rings. The summed E-state index contributed by atoms with van der Waals surface area (Å²) in [7, 11) is 0. The van der Waals surface area contributed by atoms with Crippen molar-refractivity contribution in [1.29, 1.82) is 0 Å². The van der Waals surface area contributed by atoms with E-state index in [9.17, 15) is 0 Å². The first kappa shape index (κ1) is 19.5. The van der Waals surface area contributed by atoms with Gasteiger partial charge in [0.2, 0.25) is 0 Å². The number of nitrogens with zero attached hydrogens (tertiary/aromatic N) is 1. The predicted molar refractivity (Wildman–Crippen MR) is 99.4 cm³/mol. The molecule has 0 heterocycles. The van der Waals surface area contributed by atoms with Gasteiger partial charge in [0.15, 0.2) is 0 Å². The van der Waals surface area contributed by atoms with Crippen LogP contribution in [0.2, 0.25) is 0 Å². The zero-order valence-corrected chi connectivity index (χ0v) is 15.2. The van der Waals surface area contributed by atoms with Gasteiger partial charge in [-0.25, -0.2) is 0 Å². The van der Waals surface area contributed by atoms with E-state index in [4.69, 9.17) is 11.6 Å². The maximum Gasteiger partial charge on any atom is 0.0741 e. The lowest BCUT2D eigenvalue weighted by Crippen LogP contribution is -2.22. The second kappa shape index (κ2) is 14.1. The van der Waals surface area contributed by atoms with Crippen molar-refractivity contribution >= 4 is 11.6 Å². The number of rotatable bonds is 14. The minimum absolute atomic E-state index is 0.631. The molecule has 126 valence electrons. The summed E-state index contributed by atoms with van der Waals surface area (Å²) in [5, 5.41) is 0. The lowest BCUT2D eigenvalue weighted by atomic mass is 10.1. The fourth-order valence-electron chi connectivity index (χ4n) is 2.85. The normalized spacial score (nSPS) is 11.2. The van der Waals surface area contributed by atoms with E-state index < -0.39 is 0 Å². The zero-order chi connectivity index (χ0) is 15.9. The summed E-state index contributed by atoms with van der Waals surface area (Å²) in [6.45, 7) is 4.37. The molecule has 0 bridgehead atoms. The molecule has 0 N–H and O–H groups in total. The molecule has 2 heteroatoms. The van der Waals surface area contributed by atoms with Crippen LogP contribution in [0.3, 0.4) is 0 Å². The highest BCUT2D eigenvalue weighted by Crippen LogP contribution is 2.12. The van der Waals surface area contributed by atoms with Crippen molar-refractivity contribution in [1.82, 2.24) is 4.90 Å². The van der Waals surface area contributed by atoms with Crippen LogP contribution in [0.5, 0.6) is 0 Å². The Hall–Kier alpha value is -0.530. The van der Waals surface area contributed by atoms with Crippen LogP contribution in [0.4, 0.5) is 0 Å². The number of unbranched alkanes of at least 4 members (excludes halogenated alkanes) is 9. The summed E-state index contributed by atoms with van der Waals surface area (Å²) in [4.78, 5) is 2.33. The molecular weight excluding hydrogens is 290 g/mol. The third kappa shape index (κ3) is 10.2. The van der Waals surface area contributed by atoms with Crippen LogP contribution in [0.1, 0.15) is 76.7 Å². The first-order valence-electron chi connectivity index (χ1n) is 9.19. The lowest BCUT2D eigenvalue weighted by Gasteiger charge is -2.19. The van der Waals surface area contributed by atoms with Gasteiger partial charge in [-0.3, -0.25) is 4.90 Å². The van der Waals surface area contributed by atoms with Gasteiger partial charge in [0.1, 0.15) is 0 Å². The Bertz CT molecular complexity index is 339. The molecule has 1 rings (SSSR count). The van der Waals surface area contributed by atoms with E-state index in [-0.39, 0.29) is 0 Å². The summed E-state index contributed by atoms with van der Waals surface area (Å²) >= 11 is 6.07. The van der Waals surface area contributed by atoms with Crippen molar-refractivity contribution < 1.29 is 0 Å². The minimum Gasteiger partial charge on any atom is -0.286 e. The third-order valence-electron chi connectivity index (χ3n) is 4.25. The minimum atomic E-state index is 0.631. The van der Waals surface area contributed by atoms with Gasteiger partial charge in [-0.05, 0) is 18.5 Å². The molecule has 0 atom stereocenters. The smallest absolute Gasteiger partial charge is 0.0741 e. The van der Waals surface area contributed by atoms with Gasteiger partial charge in [-0.15, -0.1) is 11.6 Å². The largest absolute Gasteiger partial charge is 0.286 e. The molecule has 0 amide bonds. The summed E-state index contributed by atoms with van der Waals surface area (Å²) in [5.74, 6) is 0. The Labute approximate surface area is 143 Å². The first-order chi connectivity index (χ1) is 10.9. The molecule has 0 saturated carbocycles. The van der Waals surface area contributed by atoms with Gasteiger partial charge in [0.05, 0.1) is 6.00 Å². The second-order valence-corrected chi connectivity index (χ2v) is 6.58. The molecule has 1 nitrogen and oxygen atoms in total. The van der Waals surface area contributed by atoms with Gasteiger partial charge in [-0.2, -0.15) is 0 Å². The molecule has 0 saturated heterocycles. The van der Waals surface area contributed by atoms with Gasteiger partial charge >= 0.3 is 0 Å². The highest BCUT2D eigenvalue weighted by Gasteiger charge is 2.03. The summed E-state index contributed by atoms with van der Waals surface area (Å²) in [6.07, 6.45) is 13.9. The highest BCUT2D eigenvalue weighted by atomic mass is 35.5. The Morgan fingerprint density at radius 2 is 1.32 bits per heavy atom. The lowest BCUT2D eigenvalue weighted by molar-refractivity contribution is 0.300. The van der Waals surface area contributed by atoms with Crippen molar-refractivity contribution in [3.05, 3.63) is 35.9 Å². The van der Waals surface area contributed by atoms with Crippen LogP contribution in [-0.4, -0.2) is 17.4 Å². The Balaban J connectivity index is 1.96. The van der Waals surface area contributed by atoms with E-state index in [1.54, 1.807) is 0 Å². The van der Waals surface area contributed by atoms with E-state index >= 15 is 0 Å². The average molecular weight is 324 g/mol. The van der Waals surface area contributed by atoms with Crippen LogP contribution < -0.4 is 0 Å². The monoisotopic (exact) mass is 323 g/mol. The standard InChI is InChI=1S/C20H34ClN/c1-2-3-4-5-6-7-8-9-10-14-17-22(19-21)18-20-15-12-11-13-16-20/h11-13,15-16H,2-10,14,17-19H2,1H3. The van der Waals surface area contributed by atoms with E-state index in [2.05, 4.69) is 42.2 Å². The molecule has 0 spiro atoms. The maximum absolute atomic E-state index is 6.07. The summed E-state index contributed by atoms with van der Waals surface area (Å²) < 4.78 is 0. The fraction of sp³-hybridized carbons (Fsp3) is 0.700. The van der Waals surface area contributed by atoms with E-state index in [1.165, 1.54) is 69.8 Å². The maximum atomic E-state index is 6.07. The topological polar surface area (TPSA) is 3.24 Å². The van der Waals surface area contributed by atoms with Crippen LogP contribution in [-0.2, 0) is 6.54 Å². The number of halogens is 1. The van der Waals surface area contributed by atoms with Crippen molar-refractivity contribution in [2.24, 2.45) is 0 Å². The average Bonchev–Trinajstić information content (AvgIpc) is 2.56. The zero-order valence-electron chi connectivity index (χ0n) is 14.4. The number of hydrogen-bond donors (Lipinski definition) is 0. The molecular formula is C20H34ClN. The van der Waals surface area contributed by atoms with Crippen LogP contribution in [0.15, 0.2) is 30.3 Å². The Morgan fingerprint density at radius 1 is 0.773 bits per heavy atom. The van der Waals surface area contributed by atoms with E-state index in [1.807, 2.05) is 0 Å². The van der Waals surface area contributed by atoms with E-state index in [0.717, 1.165) is 13.1 Å². The predicted octanol–water partition coefficient (Wildman–Crippen LogP) is 6.61. The SMILES string of the molecule is CCCCCCCCCCCCN(CCl)Cc1ccccc1. The van der Waals surface area contributed by atoms with Crippen LogP contribution in [0.25, 0.3) is 0 Å². The van der Waals surface area contributed by atoms with Crippen LogP contribution in [0, 0.1) is 0 Å². The molecule has 0 unspecified atom stereocenters. The molecule has 0 aliphatic rings. The number of alkyl halides is 1. The van der Waals surface area contributed by atoms with E-state index in [0.29, 0.717) is 6.00 Å². The fourth-order valence-corrected chi connectivity index (χ4v) is 3.05. The molecule has 0 aliphatic heterocycles. The van der Waals surface area contributed by atoms with Crippen molar-refractivity contribution in [3.8, 4) is 0 Å². The molecule has 0 aliphatic carbocycles. The van der Waals surface area contributed by atoms with Gasteiger partial charge < -0.3 is 0 Å². The van der Waals surface area contributed by atoms with Gasteiger partial charge in [-0.1, -0.05) is 95.0 Å². The van der Waals surface area contributed by atoms with Crippen molar-refractivity contribution in [3.63, 3.8) is 0 Å². The van der Waals surface area contributed by atoms with Gasteiger partial charge in [0.25, 0.3) is 0 Å². The summed E-state index contributed by atoms with van der Waals surface area (Å²) in [6, 6.07) is 11.3. The molecule has 22 heavy (non-hydrogen) atoms. The quantitative estimate of drug-likeness (QED) is 0.211. The van der Waals surface area contributed by atoms with Gasteiger partial charge in [0, 0.05) is 6.54 Å². The number of benzene rings is 1. The Kier molecular flexibility index (Phi) is 12.5. The van der Waals surface area contributed by atoms with Crippen molar-refractivity contribution in [2.75, 3.05) is 12.5 Å². The number of hydrogen-bond acceptors (Lipinski definition) is 1. The summed E-state index contributed by atoms with van der Waals surface area (Å²) in [5.41, 5.74) is 1.36. The molecule has 0 aromatic heterocycles. The third-order valence-corrected chi connectivity index (χ3v) is 4.58. The van der Waals surface area contributed by atoms with Crippen LogP contribution >= 0.6 is 11.6 Å². The molecule has 1 aromatic carbocycles. The Morgan fingerprint density at radius 3 is 1.86 bits per heavy atom. The highest BCUT2D eigenvalue weighted by molar-refractivity contribution is 6.17. The second-order valence-electron chi connectivity index (χ2n) is 6.34.